The normalized spacial score (nSPS) is 17.2. The van der Waals surface area contributed by atoms with Crippen LogP contribution in [-0.4, -0.2) is 41.2 Å². The molecule has 0 unspecified atom stereocenters. The van der Waals surface area contributed by atoms with Crippen molar-refractivity contribution >= 4 is 17.0 Å². The standard InChI is InChI=1S/C26H23N7O/c27-25-24-26(29-14-28-25)33(15-30-24)12-18-11-19(13-34)23-22(18)31-20(16-7-3-1-4-8-16)21(32-23)17-9-5-2-6-10-17/h1-10,14-15,18-19,34H,11-13H2,(H2,27,28,29)/t18-,19+/m0/s1. The second-order valence-electron chi connectivity index (χ2n) is 8.56. The van der Waals surface area contributed by atoms with E-state index in [1.165, 1.54) is 6.33 Å². The van der Waals surface area contributed by atoms with Crippen LogP contribution in [0.5, 0.6) is 0 Å². The minimum atomic E-state index is -0.0748. The van der Waals surface area contributed by atoms with Gasteiger partial charge in [0.15, 0.2) is 11.5 Å². The van der Waals surface area contributed by atoms with Crippen LogP contribution in [-0.2, 0) is 6.54 Å². The van der Waals surface area contributed by atoms with Crippen molar-refractivity contribution < 1.29 is 5.11 Å². The summed E-state index contributed by atoms with van der Waals surface area (Å²) in [6.45, 7) is 0.640. The summed E-state index contributed by atoms with van der Waals surface area (Å²) in [6.07, 6.45) is 3.94. The molecule has 3 heterocycles. The first-order valence-corrected chi connectivity index (χ1v) is 11.3. The summed E-state index contributed by atoms with van der Waals surface area (Å²) in [7, 11) is 0. The molecule has 0 amide bonds. The highest BCUT2D eigenvalue weighted by molar-refractivity contribution is 5.81. The highest BCUT2D eigenvalue weighted by Crippen LogP contribution is 2.43. The average molecular weight is 450 g/mol. The third kappa shape index (κ3) is 3.39. The molecule has 2 atom stereocenters. The summed E-state index contributed by atoms with van der Waals surface area (Å²) in [5.74, 6) is 0.345. The predicted molar refractivity (Wildman–Crippen MR) is 130 cm³/mol. The first-order valence-electron chi connectivity index (χ1n) is 11.3. The Bertz CT molecular complexity index is 1470. The van der Waals surface area contributed by atoms with Crippen LogP contribution in [0.4, 0.5) is 5.82 Å². The van der Waals surface area contributed by atoms with Gasteiger partial charge < -0.3 is 15.4 Å². The number of rotatable bonds is 5. The summed E-state index contributed by atoms with van der Waals surface area (Å²) >= 11 is 0. The van der Waals surface area contributed by atoms with Gasteiger partial charge >= 0.3 is 0 Å². The van der Waals surface area contributed by atoms with Gasteiger partial charge in [0.05, 0.1) is 35.7 Å². The lowest BCUT2D eigenvalue weighted by molar-refractivity contribution is 0.258. The Morgan fingerprint density at radius 2 is 1.44 bits per heavy atom. The van der Waals surface area contributed by atoms with Crippen molar-refractivity contribution in [2.75, 3.05) is 12.3 Å². The van der Waals surface area contributed by atoms with Gasteiger partial charge in [0.2, 0.25) is 0 Å². The van der Waals surface area contributed by atoms with E-state index in [2.05, 4.69) is 27.1 Å². The van der Waals surface area contributed by atoms with Gasteiger partial charge in [0.1, 0.15) is 11.8 Å². The van der Waals surface area contributed by atoms with Crippen molar-refractivity contribution in [1.82, 2.24) is 29.5 Å². The molecular weight excluding hydrogens is 426 g/mol. The van der Waals surface area contributed by atoms with Crippen molar-refractivity contribution in [3.63, 3.8) is 0 Å². The Hall–Kier alpha value is -4.17. The van der Waals surface area contributed by atoms with Gasteiger partial charge in [-0.05, 0) is 6.42 Å². The van der Waals surface area contributed by atoms with Crippen LogP contribution < -0.4 is 5.73 Å². The van der Waals surface area contributed by atoms with Crippen LogP contribution in [0, 0.1) is 0 Å². The SMILES string of the molecule is Nc1ncnc2c1ncn2C[C@@H]1C[C@H](CO)c2nc(-c3ccccc3)c(-c3ccccc3)nc21. The number of benzene rings is 2. The molecule has 3 aromatic heterocycles. The number of aromatic nitrogens is 6. The topological polar surface area (TPSA) is 116 Å². The van der Waals surface area contributed by atoms with E-state index >= 15 is 0 Å². The summed E-state index contributed by atoms with van der Waals surface area (Å²) in [6, 6.07) is 20.2. The summed E-state index contributed by atoms with van der Waals surface area (Å²) in [4.78, 5) is 23.1. The fourth-order valence-electron chi connectivity index (χ4n) is 4.82. The summed E-state index contributed by atoms with van der Waals surface area (Å²) < 4.78 is 1.98. The number of hydrogen-bond donors (Lipinski definition) is 2. The third-order valence-corrected chi connectivity index (χ3v) is 6.46. The van der Waals surface area contributed by atoms with Crippen molar-refractivity contribution in [3.8, 4) is 22.5 Å². The van der Waals surface area contributed by atoms with E-state index in [-0.39, 0.29) is 18.4 Å². The third-order valence-electron chi connectivity index (χ3n) is 6.46. The van der Waals surface area contributed by atoms with Crippen LogP contribution in [0.25, 0.3) is 33.7 Å². The molecule has 6 rings (SSSR count). The average Bonchev–Trinajstić information content (AvgIpc) is 3.46. The molecule has 0 radical (unpaired) electrons. The maximum absolute atomic E-state index is 10.2. The highest BCUT2D eigenvalue weighted by Gasteiger charge is 2.35. The van der Waals surface area contributed by atoms with Gasteiger partial charge in [-0.1, -0.05) is 60.7 Å². The molecule has 1 aliphatic rings. The molecule has 0 bridgehead atoms. The van der Waals surface area contributed by atoms with Crippen molar-refractivity contribution in [2.45, 2.75) is 24.8 Å². The lowest BCUT2D eigenvalue weighted by Crippen LogP contribution is -2.09. The Morgan fingerprint density at radius 3 is 2.06 bits per heavy atom. The Balaban J connectivity index is 1.49. The summed E-state index contributed by atoms with van der Waals surface area (Å²) in [5, 5.41) is 10.2. The maximum Gasteiger partial charge on any atom is 0.165 e. The van der Waals surface area contributed by atoms with Crippen molar-refractivity contribution in [1.29, 1.82) is 0 Å². The molecule has 34 heavy (non-hydrogen) atoms. The molecule has 2 aromatic carbocycles. The number of aliphatic hydroxyl groups excluding tert-OH is 1. The first-order chi connectivity index (χ1) is 16.7. The van der Waals surface area contributed by atoms with E-state index in [9.17, 15) is 5.11 Å². The molecule has 8 nitrogen and oxygen atoms in total. The van der Waals surface area contributed by atoms with Gasteiger partial charge in [0, 0.05) is 29.5 Å². The largest absolute Gasteiger partial charge is 0.396 e. The Morgan fingerprint density at radius 1 is 0.824 bits per heavy atom. The summed E-state index contributed by atoms with van der Waals surface area (Å²) in [5.41, 5.74) is 12.7. The highest BCUT2D eigenvalue weighted by atomic mass is 16.3. The quantitative estimate of drug-likeness (QED) is 0.419. The molecule has 0 saturated heterocycles. The van der Waals surface area contributed by atoms with Crippen LogP contribution >= 0.6 is 0 Å². The predicted octanol–water partition coefficient (Wildman–Crippen LogP) is 3.80. The Kier molecular flexibility index (Phi) is 5.00. The number of anilines is 1. The van der Waals surface area contributed by atoms with Gasteiger partial charge in [-0.2, -0.15) is 0 Å². The fraction of sp³-hybridized carbons (Fsp3) is 0.192. The van der Waals surface area contributed by atoms with E-state index in [4.69, 9.17) is 15.7 Å². The van der Waals surface area contributed by atoms with E-state index in [0.29, 0.717) is 23.5 Å². The lowest BCUT2D eigenvalue weighted by Gasteiger charge is -2.15. The number of nitrogens with two attached hydrogens (primary N) is 1. The minimum absolute atomic E-state index is 0.0247. The molecule has 0 saturated carbocycles. The number of hydrogen-bond acceptors (Lipinski definition) is 7. The number of aliphatic hydroxyl groups is 1. The zero-order chi connectivity index (χ0) is 23.1. The number of imidazole rings is 1. The number of nitrogen functional groups attached to an aromatic ring is 1. The zero-order valence-corrected chi connectivity index (χ0v) is 18.4. The molecule has 0 spiro atoms. The number of fused-ring (bicyclic) bond motifs is 2. The second-order valence-corrected chi connectivity index (χ2v) is 8.56. The number of nitrogens with zero attached hydrogens (tertiary/aromatic N) is 6. The maximum atomic E-state index is 10.2. The first kappa shape index (κ1) is 20.4. The van der Waals surface area contributed by atoms with Crippen molar-refractivity contribution in [2.24, 2.45) is 0 Å². The van der Waals surface area contributed by atoms with E-state index < -0.39 is 0 Å². The van der Waals surface area contributed by atoms with E-state index in [0.717, 1.165) is 40.3 Å². The molecular formula is C26H23N7O. The van der Waals surface area contributed by atoms with Crippen LogP contribution in [0.3, 0.4) is 0 Å². The van der Waals surface area contributed by atoms with Gasteiger partial charge in [-0.3, -0.25) is 0 Å². The molecule has 0 aliphatic heterocycles. The minimum Gasteiger partial charge on any atom is -0.396 e. The molecule has 3 N–H and O–H groups in total. The monoisotopic (exact) mass is 449 g/mol. The van der Waals surface area contributed by atoms with Crippen LogP contribution in [0.2, 0.25) is 0 Å². The van der Waals surface area contributed by atoms with E-state index in [1.807, 2.05) is 53.1 Å². The van der Waals surface area contributed by atoms with Gasteiger partial charge in [-0.15, -0.1) is 0 Å². The van der Waals surface area contributed by atoms with Crippen LogP contribution in [0.15, 0.2) is 73.3 Å². The van der Waals surface area contributed by atoms with Gasteiger partial charge in [0.25, 0.3) is 0 Å². The smallest absolute Gasteiger partial charge is 0.165 e. The van der Waals surface area contributed by atoms with E-state index in [1.54, 1.807) is 6.33 Å². The zero-order valence-electron chi connectivity index (χ0n) is 18.4. The van der Waals surface area contributed by atoms with Gasteiger partial charge in [-0.25, -0.2) is 24.9 Å². The fourth-order valence-corrected chi connectivity index (χ4v) is 4.82. The molecule has 1 aliphatic carbocycles. The lowest BCUT2D eigenvalue weighted by atomic mass is 10.0. The van der Waals surface area contributed by atoms with Crippen LogP contribution in [0.1, 0.15) is 29.6 Å². The molecule has 8 heteroatoms. The second kappa shape index (κ2) is 8.31. The Labute approximate surface area is 196 Å². The van der Waals surface area contributed by atoms with Crippen molar-refractivity contribution in [3.05, 3.63) is 84.7 Å². The molecule has 168 valence electrons. The molecule has 0 fully saturated rings. The molecule has 5 aromatic rings.